The lowest BCUT2D eigenvalue weighted by Crippen LogP contribution is -2.11. The van der Waals surface area contributed by atoms with Gasteiger partial charge in [0.2, 0.25) is 0 Å². The molecule has 0 radical (unpaired) electrons. The quantitative estimate of drug-likeness (QED) is 0.479. The van der Waals surface area contributed by atoms with Crippen LogP contribution in [0.2, 0.25) is 0 Å². The van der Waals surface area contributed by atoms with Crippen molar-refractivity contribution in [2.24, 2.45) is 11.8 Å². The van der Waals surface area contributed by atoms with Crippen molar-refractivity contribution < 1.29 is 4.79 Å². The molecule has 0 fully saturated rings. The van der Waals surface area contributed by atoms with Gasteiger partial charge in [-0.05, 0) is 37.5 Å². The van der Waals surface area contributed by atoms with Crippen molar-refractivity contribution in [3.8, 4) is 0 Å². The zero-order valence-corrected chi connectivity index (χ0v) is 8.75. The van der Waals surface area contributed by atoms with Crippen LogP contribution in [0.3, 0.4) is 0 Å². The average molecular weight is 180 g/mol. The molecule has 1 atom stereocenters. The molecule has 0 saturated carbocycles. The second-order valence-corrected chi connectivity index (χ2v) is 4.35. The van der Waals surface area contributed by atoms with Crippen molar-refractivity contribution in [2.45, 2.75) is 46.0 Å². The fourth-order valence-corrected chi connectivity index (χ4v) is 1.99. The molecular formula is C12H20O. The molecule has 1 unspecified atom stereocenters. The van der Waals surface area contributed by atoms with Crippen molar-refractivity contribution in [1.82, 2.24) is 0 Å². The maximum absolute atomic E-state index is 10.2. The van der Waals surface area contributed by atoms with Crippen molar-refractivity contribution in [3.63, 3.8) is 0 Å². The number of hydrogen-bond acceptors (Lipinski definition) is 1. The molecule has 1 nitrogen and oxygen atoms in total. The van der Waals surface area contributed by atoms with Gasteiger partial charge in [0.15, 0.2) is 0 Å². The summed E-state index contributed by atoms with van der Waals surface area (Å²) < 4.78 is 0. The molecule has 13 heavy (non-hydrogen) atoms. The Morgan fingerprint density at radius 3 is 2.85 bits per heavy atom. The third-order valence-electron chi connectivity index (χ3n) is 3.07. The summed E-state index contributed by atoms with van der Waals surface area (Å²) in [6.07, 6.45) is 8.85. The summed E-state index contributed by atoms with van der Waals surface area (Å²) >= 11 is 0. The van der Waals surface area contributed by atoms with Crippen LogP contribution in [-0.2, 0) is 4.79 Å². The minimum atomic E-state index is 0.707. The highest BCUT2D eigenvalue weighted by Crippen LogP contribution is 2.30. The predicted octanol–water partition coefficient (Wildman–Crippen LogP) is 3.35. The first-order valence-electron chi connectivity index (χ1n) is 5.35. The van der Waals surface area contributed by atoms with Crippen LogP contribution in [0.15, 0.2) is 11.6 Å². The van der Waals surface area contributed by atoms with Crippen LogP contribution < -0.4 is 0 Å². The molecule has 0 spiro atoms. The number of carbonyl (C=O) groups excluding carboxylic acids is 1. The molecule has 0 amide bonds. The summed E-state index contributed by atoms with van der Waals surface area (Å²) in [4.78, 5) is 10.2. The van der Waals surface area contributed by atoms with Gasteiger partial charge >= 0.3 is 0 Å². The van der Waals surface area contributed by atoms with Crippen LogP contribution >= 0.6 is 0 Å². The fourth-order valence-electron chi connectivity index (χ4n) is 1.99. The van der Waals surface area contributed by atoms with Crippen LogP contribution in [0.1, 0.15) is 46.0 Å². The van der Waals surface area contributed by atoms with E-state index in [-0.39, 0.29) is 0 Å². The fraction of sp³-hybridized carbons (Fsp3) is 0.750. The lowest BCUT2D eigenvalue weighted by atomic mass is 9.81. The van der Waals surface area contributed by atoms with E-state index in [1.165, 1.54) is 24.8 Å². The molecular weight excluding hydrogens is 160 g/mol. The second kappa shape index (κ2) is 5.21. The minimum Gasteiger partial charge on any atom is -0.303 e. The predicted molar refractivity (Wildman–Crippen MR) is 55.6 cm³/mol. The standard InChI is InChI=1S/C12H20O/c1-10(2)12-7-5-11(6-8-12)4-3-9-13/h5,9-10,12H,3-4,6-8H2,1-2H3. The first-order valence-corrected chi connectivity index (χ1v) is 5.35. The monoisotopic (exact) mass is 180 g/mol. The Kier molecular flexibility index (Phi) is 4.20. The van der Waals surface area contributed by atoms with E-state index in [1.807, 2.05) is 0 Å². The minimum absolute atomic E-state index is 0.707. The molecule has 1 aliphatic rings. The van der Waals surface area contributed by atoms with Gasteiger partial charge < -0.3 is 4.79 Å². The van der Waals surface area contributed by atoms with Crippen LogP contribution in [0.4, 0.5) is 0 Å². The van der Waals surface area contributed by atoms with Crippen molar-refractivity contribution in [2.75, 3.05) is 0 Å². The molecule has 0 aromatic heterocycles. The topological polar surface area (TPSA) is 17.1 Å². The van der Waals surface area contributed by atoms with Gasteiger partial charge in [-0.1, -0.05) is 25.5 Å². The van der Waals surface area contributed by atoms with E-state index in [2.05, 4.69) is 19.9 Å². The molecule has 1 aliphatic carbocycles. The summed E-state index contributed by atoms with van der Waals surface area (Å²) in [6, 6.07) is 0. The zero-order chi connectivity index (χ0) is 9.68. The van der Waals surface area contributed by atoms with Gasteiger partial charge in [-0.25, -0.2) is 0 Å². The van der Waals surface area contributed by atoms with Crippen molar-refractivity contribution in [1.29, 1.82) is 0 Å². The van der Waals surface area contributed by atoms with E-state index in [9.17, 15) is 4.79 Å². The molecule has 1 rings (SSSR count). The van der Waals surface area contributed by atoms with Gasteiger partial charge in [0.1, 0.15) is 6.29 Å². The highest BCUT2D eigenvalue weighted by molar-refractivity contribution is 5.49. The maximum atomic E-state index is 10.2. The molecule has 1 heteroatoms. The molecule has 74 valence electrons. The second-order valence-electron chi connectivity index (χ2n) is 4.35. The summed E-state index contributed by atoms with van der Waals surface area (Å²) in [5.41, 5.74) is 1.50. The first-order chi connectivity index (χ1) is 6.24. The Labute approximate surface area is 81.2 Å². The Balaban J connectivity index is 2.34. The summed E-state index contributed by atoms with van der Waals surface area (Å²) in [5.74, 6) is 1.68. The summed E-state index contributed by atoms with van der Waals surface area (Å²) in [7, 11) is 0. The largest absolute Gasteiger partial charge is 0.303 e. The molecule has 0 aromatic rings. The third-order valence-corrected chi connectivity index (χ3v) is 3.07. The van der Waals surface area contributed by atoms with Crippen LogP contribution in [0.25, 0.3) is 0 Å². The smallest absolute Gasteiger partial charge is 0.120 e. The number of allylic oxidation sites excluding steroid dienone is 2. The zero-order valence-electron chi connectivity index (χ0n) is 8.75. The normalized spacial score (nSPS) is 23.0. The Morgan fingerprint density at radius 1 is 1.62 bits per heavy atom. The van der Waals surface area contributed by atoms with Crippen LogP contribution in [0, 0.1) is 11.8 Å². The lowest BCUT2D eigenvalue weighted by Gasteiger charge is -2.24. The lowest BCUT2D eigenvalue weighted by molar-refractivity contribution is -0.107. The van der Waals surface area contributed by atoms with E-state index in [1.54, 1.807) is 0 Å². The summed E-state index contributed by atoms with van der Waals surface area (Å²) in [6.45, 7) is 4.60. The van der Waals surface area contributed by atoms with Gasteiger partial charge in [0.05, 0.1) is 0 Å². The van der Waals surface area contributed by atoms with E-state index in [0.29, 0.717) is 6.42 Å². The highest BCUT2D eigenvalue weighted by Gasteiger charge is 2.16. The Hall–Kier alpha value is -0.590. The van der Waals surface area contributed by atoms with E-state index in [4.69, 9.17) is 0 Å². The van der Waals surface area contributed by atoms with E-state index >= 15 is 0 Å². The van der Waals surface area contributed by atoms with Crippen molar-refractivity contribution >= 4 is 6.29 Å². The number of aldehydes is 1. The van der Waals surface area contributed by atoms with Gasteiger partial charge in [0.25, 0.3) is 0 Å². The van der Waals surface area contributed by atoms with Gasteiger partial charge in [-0.15, -0.1) is 0 Å². The number of rotatable bonds is 4. The Morgan fingerprint density at radius 2 is 2.38 bits per heavy atom. The van der Waals surface area contributed by atoms with Crippen LogP contribution in [-0.4, -0.2) is 6.29 Å². The Bertz CT molecular complexity index is 191. The molecule has 0 N–H and O–H groups in total. The molecule has 0 aromatic carbocycles. The van der Waals surface area contributed by atoms with Gasteiger partial charge in [0, 0.05) is 6.42 Å². The molecule has 0 heterocycles. The molecule has 0 aliphatic heterocycles. The highest BCUT2D eigenvalue weighted by atomic mass is 16.1. The van der Waals surface area contributed by atoms with E-state index in [0.717, 1.165) is 24.5 Å². The first kappa shape index (κ1) is 10.5. The molecule has 0 saturated heterocycles. The molecule has 0 bridgehead atoms. The van der Waals surface area contributed by atoms with Crippen molar-refractivity contribution in [3.05, 3.63) is 11.6 Å². The maximum Gasteiger partial charge on any atom is 0.120 e. The van der Waals surface area contributed by atoms with E-state index < -0.39 is 0 Å². The number of carbonyl (C=O) groups is 1. The van der Waals surface area contributed by atoms with Gasteiger partial charge in [-0.3, -0.25) is 0 Å². The summed E-state index contributed by atoms with van der Waals surface area (Å²) in [5, 5.41) is 0. The van der Waals surface area contributed by atoms with Gasteiger partial charge in [-0.2, -0.15) is 0 Å². The SMILES string of the molecule is CC(C)C1CC=C(CCC=O)CC1. The van der Waals surface area contributed by atoms with Crippen LogP contribution in [0.5, 0.6) is 0 Å². The average Bonchev–Trinajstić information content (AvgIpc) is 2.15. The number of hydrogen-bond donors (Lipinski definition) is 0. The third kappa shape index (κ3) is 3.33.